The number of amides is 2. The number of carbonyl (C=O) groups is 3. The molecule has 1 fully saturated rings. The Kier molecular flexibility index (Phi) is 7.20. The summed E-state index contributed by atoms with van der Waals surface area (Å²) in [7, 11) is 0. The highest BCUT2D eigenvalue weighted by atomic mass is 16.5. The van der Waals surface area contributed by atoms with Crippen molar-refractivity contribution >= 4 is 18.0 Å². The molecular weight excluding hydrogens is 432 g/mol. The number of nitrogens with one attached hydrogen (secondary N) is 2. The third-order valence-electron chi connectivity index (χ3n) is 6.76. The summed E-state index contributed by atoms with van der Waals surface area (Å²) in [5, 5.41) is 14.6. The molecule has 0 heterocycles. The SMILES string of the molecule is CC(C)CCC(NC(=O)OCC1c2ccccc2-c2ccccc21)C(=O)NC[C@@H]1C[C@@H]1C(=O)O. The maximum atomic E-state index is 12.8. The maximum Gasteiger partial charge on any atom is 0.407 e. The van der Waals surface area contributed by atoms with Crippen LogP contribution in [0.3, 0.4) is 0 Å². The second-order valence-corrected chi connectivity index (χ2v) is 9.68. The number of alkyl carbamates (subject to hydrolysis) is 1. The third kappa shape index (κ3) is 5.41. The molecule has 180 valence electrons. The highest BCUT2D eigenvalue weighted by Gasteiger charge is 2.43. The van der Waals surface area contributed by atoms with Gasteiger partial charge in [0.05, 0.1) is 5.92 Å². The number of carbonyl (C=O) groups excluding carboxylic acids is 2. The summed E-state index contributed by atoms with van der Waals surface area (Å²) < 4.78 is 5.61. The Labute approximate surface area is 199 Å². The van der Waals surface area contributed by atoms with Crippen LogP contribution in [0.25, 0.3) is 11.1 Å². The summed E-state index contributed by atoms with van der Waals surface area (Å²) >= 11 is 0. The zero-order chi connectivity index (χ0) is 24.2. The summed E-state index contributed by atoms with van der Waals surface area (Å²) in [5.41, 5.74) is 4.56. The molecule has 7 heteroatoms. The van der Waals surface area contributed by atoms with Gasteiger partial charge in [-0.3, -0.25) is 9.59 Å². The van der Waals surface area contributed by atoms with Crippen LogP contribution in [0.15, 0.2) is 48.5 Å². The maximum absolute atomic E-state index is 12.8. The number of hydrogen-bond donors (Lipinski definition) is 3. The van der Waals surface area contributed by atoms with Crippen molar-refractivity contribution in [2.75, 3.05) is 13.2 Å². The van der Waals surface area contributed by atoms with Crippen LogP contribution in [0.2, 0.25) is 0 Å². The van der Waals surface area contributed by atoms with Crippen LogP contribution >= 0.6 is 0 Å². The molecule has 0 radical (unpaired) electrons. The average molecular weight is 465 g/mol. The molecular formula is C27H32N2O5. The minimum absolute atomic E-state index is 0.0401. The van der Waals surface area contributed by atoms with Gasteiger partial charge in [0, 0.05) is 12.5 Å². The monoisotopic (exact) mass is 464 g/mol. The molecule has 34 heavy (non-hydrogen) atoms. The molecule has 1 unspecified atom stereocenters. The van der Waals surface area contributed by atoms with Crippen molar-refractivity contribution in [3.63, 3.8) is 0 Å². The minimum Gasteiger partial charge on any atom is -0.481 e. The minimum atomic E-state index is -0.827. The molecule has 7 nitrogen and oxygen atoms in total. The second kappa shape index (κ2) is 10.3. The summed E-state index contributed by atoms with van der Waals surface area (Å²) in [6.07, 6.45) is 1.20. The molecule has 3 atom stereocenters. The Morgan fingerprint density at radius 1 is 1.00 bits per heavy atom. The molecule has 2 aliphatic carbocycles. The number of carboxylic acids is 1. The fraction of sp³-hybridized carbons (Fsp3) is 0.444. The van der Waals surface area contributed by atoms with Crippen molar-refractivity contribution in [3.8, 4) is 11.1 Å². The van der Waals surface area contributed by atoms with Crippen molar-refractivity contribution in [2.45, 2.75) is 45.1 Å². The molecule has 1 saturated carbocycles. The van der Waals surface area contributed by atoms with Gasteiger partial charge in [-0.15, -0.1) is 0 Å². The van der Waals surface area contributed by atoms with E-state index in [-0.39, 0.29) is 30.3 Å². The van der Waals surface area contributed by atoms with Gasteiger partial charge in [0.1, 0.15) is 12.6 Å². The molecule has 2 aromatic carbocycles. The van der Waals surface area contributed by atoms with Gasteiger partial charge in [0.15, 0.2) is 0 Å². The number of carboxylic acid groups (broad SMARTS) is 1. The predicted octanol–water partition coefficient (Wildman–Crippen LogP) is 4.17. The lowest BCUT2D eigenvalue weighted by Crippen LogP contribution is -2.47. The number of hydrogen-bond acceptors (Lipinski definition) is 4. The normalized spacial score (nSPS) is 19.1. The smallest absolute Gasteiger partial charge is 0.407 e. The summed E-state index contributed by atoms with van der Waals surface area (Å²) in [4.78, 5) is 36.5. The number of aliphatic carboxylic acids is 1. The van der Waals surface area contributed by atoms with Crippen molar-refractivity contribution in [1.82, 2.24) is 10.6 Å². The summed E-state index contributed by atoms with van der Waals surface area (Å²) in [6.45, 7) is 4.61. The van der Waals surface area contributed by atoms with Crippen LogP contribution < -0.4 is 10.6 Å². The topological polar surface area (TPSA) is 105 Å². The first kappa shape index (κ1) is 23.8. The Morgan fingerprint density at radius 3 is 2.18 bits per heavy atom. The van der Waals surface area contributed by atoms with Crippen LogP contribution in [0.4, 0.5) is 4.79 Å². The lowest BCUT2D eigenvalue weighted by Gasteiger charge is -2.20. The lowest BCUT2D eigenvalue weighted by molar-refractivity contribution is -0.139. The fourth-order valence-electron chi connectivity index (χ4n) is 4.68. The van der Waals surface area contributed by atoms with Gasteiger partial charge in [-0.25, -0.2) is 4.79 Å². The van der Waals surface area contributed by atoms with E-state index in [2.05, 4.69) is 48.7 Å². The van der Waals surface area contributed by atoms with E-state index in [9.17, 15) is 14.4 Å². The number of fused-ring (bicyclic) bond motifs is 3. The largest absolute Gasteiger partial charge is 0.481 e. The number of rotatable bonds is 10. The highest BCUT2D eigenvalue weighted by molar-refractivity contribution is 5.86. The third-order valence-corrected chi connectivity index (χ3v) is 6.76. The fourth-order valence-corrected chi connectivity index (χ4v) is 4.68. The van der Waals surface area contributed by atoms with Gasteiger partial charge in [-0.05, 0) is 53.4 Å². The molecule has 0 spiro atoms. The van der Waals surface area contributed by atoms with Gasteiger partial charge in [-0.2, -0.15) is 0 Å². The zero-order valence-corrected chi connectivity index (χ0v) is 19.6. The van der Waals surface area contributed by atoms with E-state index in [0.717, 1.165) is 28.7 Å². The van der Waals surface area contributed by atoms with Gasteiger partial charge in [0.25, 0.3) is 0 Å². The Bertz CT molecular complexity index is 1020. The Balaban J connectivity index is 1.35. The van der Waals surface area contributed by atoms with E-state index in [1.807, 2.05) is 24.3 Å². The molecule has 3 N–H and O–H groups in total. The number of ether oxygens (including phenoxy) is 1. The number of benzene rings is 2. The molecule has 2 amide bonds. The molecule has 4 rings (SSSR count). The van der Waals surface area contributed by atoms with Crippen LogP contribution in [-0.4, -0.2) is 42.3 Å². The first-order valence-corrected chi connectivity index (χ1v) is 12.0. The van der Waals surface area contributed by atoms with Gasteiger partial charge >= 0.3 is 12.1 Å². The lowest BCUT2D eigenvalue weighted by atomic mass is 9.98. The Hall–Kier alpha value is -3.35. The van der Waals surface area contributed by atoms with Crippen molar-refractivity contribution < 1.29 is 24.2 Å². The molecule has 2 aromatic rings. The average Bonchev–Trinajstić information content (AvgIpc) is 3.54. The molecule has 0 aromatic heterocycles. The van der Waals surface area contributed by atoms with E-state index < -0.39 is 18.1 Å². The van der Waals surface area contributed by atoms with Crippen molar-refractivity contribution in [2.24, 2.45) is 17.8 Å². The van der Waals surface area contributed by atoms with Gasteiger partial charge in [-0.1, -0.05) is 62.4 Å². The van der Waals surface area contributed by atoms with E-state index in [0.29, 0.717) is 25.3 Å². The van der Waals surface area contributed by atoms with E-state index in [1.165, 1.54) is 0 Å². The second-order valence-electron chi connectivity index (χ2n) is 9.68. The van der Waals surface area contributed by atoms with Crippen molar-refractivity contribution in [3.05, 3.63) is 59.7 Å². The Morgan fingerprint density at radius 2 is 1.62 bits per heavy atom. The van der Waals surface area contributed by atoms with E-state index in [4.69, 9.17) is 9.84 Å². The quantitative estimate of drug-likeness (QED) is 0.490. The highest BCUT2D eigenvalue weighted by Crippen LogP contribution is 2.44. The van der Waals surface area contributed by atoms with Gasteiger partial charge < -0.3 is 20.5 Å². The van der Waals surface area contributed by atoms with E-state index >= 15 is 0 Å². The van der Waals surface area contributed by atoms with Crippen LogP contribution in [0, 0.1) is 17.8 Å². The first-order valence-electron chi connectivity index (χ1n) is 12.0. The van der Waals surface area contributed by atoms with Crippen LogP contribution in [-0.2, 0) is 14.3 Å². The van der Waals surface area contributed by atoms with Crippen LogP contribution in [0.1, 0.15) is 50.2 Å². The zero-order valence-electron chi connectivity index (χ0n) is 19.6. The standard InChI is InChI=1S/C27H32N2O5/c1-16(2)11-12-24(25(30)28-14-17-13-22(17)26(31)32)29-27(33)34-15-23-20-9-5-3-7-18(20)19-8-4-6-10-21(19)23/h3-10,16-17,22-24H,11-15H2,1-2H3,(H,28,30)(H,29,33)(H,31,32)/t17-,22-,24?/m0/s1. The first-order chi connectivity index (χ1) is 16.3. The molecule has 0 bridgehead atoms. The molecule has 0 aliphatic heterocycles. The predicted molar refractivity (Wildman–Crippen MR) is 128 cm³/mol. The molecule has 2 aliphatic rings. The summed E-state index contributed by atoms with van der Waals surface area (Å²) in [6, 6.07) is 15.5. The van der Waals surface area contributed by atoms with Crippen molar-refractivity contribution in [1.29, 1.82) is 0 Å². The van der Waals surface area contributed by atoms with E-state index in [1.54, 1.807) is 0 Å². The summed E-state index contributed by atoms with van der Waals surface area (Å²) in [5.74, 6) is -1.23. The van der Waals surface area contributed by atoms with Gasteiger partial charge in [0.2, 0.25) is 5.91 Å². The molecule has 0 saturated heterocycles. The van der Waals surface area contributed by atoms with Crippen LogP contribution in [0.5, 0.6) is 0 Å².